The van der Waals surface area contributed by atoms with Crippen LogP contribution in [0.1, 0.15) is 19.8 Å². The summed E-state index contributed by atoms with van der Waals surface area (Å²) >= 11 is 13.5. The summed E-state index contributed by atoms with van der Waals surface area (Å²) in [6.07, 6.45) is 2.41. The molecule has 2 N–H and O–H groups in total. The lowest BCUT2D eigenvalue weighted by atomic mass is 10.2. The van der Waals surface area contributed by atoms with Crippen LogP contribution >= 0.6 is 35.0 Å². The van der Waals surface area contributed by atoms with Crippen LogP contribution in [0.4, 0.5) is 11.8 Å². The van der Waals surface area contributed by atoms with E-state index in [1.54, 1.807) is 29.8 Å². The van der Waals surface area contributed by atoms with E-state index in [9.17, 15) is 4.79 Å². The molecule has 152 valence electrons. The lowest BCUT2D eigenvalue weighted by molar-refractivity contribution is 0.252. The first-order chi connectivity index (χ1) is 13.4. The van der Waals surface area contributed by atoms with Crippen LogP contribution in [0.3, 0.4) is 0 Å². The van der Waals surface area contributed by atoms with Gasteiger partial charge in [0.05, 0.1) is 10.0 Å². The molecule has 1 saturated heterocycles. The minimum atomic E-state index is -0.183. The molecule has 6 nitrogen and oxygen atoms in total. The largest absolute Gasteiger partial charge is 0.382 e. The van der Waals surface area contributed by atoms with Crippen molar-refractivity contribution in [2.45, 2.75) is 29.6 Å². The Morgan fingerprint density at radius 1 is 1.21 bits per heavy atom. The van der Waals surface area contributed by atoms with E-state index in [0.29, 0.717) is 25.8 Å². The number of nitrogens with zero attached hydrogens (tertiary/aromatic N) is 4. The molecular weight excluding hydrogens is 417 g/mol. The standard InChI is InChI=1S/C19H25Cl2N5OS/c1-3-4-8-25-9-11-26(12-10-25)19-23-17(22)16(18(27)24(19)2)28-14-7-5-6-13(20)15(14)21/h5-7H,3-4,8-12,22H2,1-2H3. The number of rotatable bonds is 6. The van der Waals surface area contributed by atoms with Gasteiger partial charge in [-0.25, -0.2) is 0 Å². The molecule has 2 heterocycles. The van der Waals surface area contributed by atoms with Crippen molar-refractivity contribution >= 4 is 46.7 Å². The van der Waals surface area contributed by atoms with E-state index in [1.807, 2.05) is 0 Å². The fourth-order valence-corrected chi connectivity index (χ4v) is 4.60. The van der Waals surface area contributed by atoms with E-state index >= 15 is 0 Å². The molecule has 1 fully saturated rings. The maximum Gasteiger partial charge on any atom is 0.270 e. The molecular formula is C19H25Cl2N5OS. The van der Waals surface area contributed by atoms with Crippen LogP contribution in [0, 0.1) is 0 Å². The highest BCUT2D eigenvalue weighted by atomic mass is 35.5. The number of halogens is 2. The molecule has 28 heavy (non-hydrogen) atoms. The number of hydrogen-bond acceptors (Lipinski definition) is 6. The van der Waals surface area contributed by atoms with Crippen LogP contribution < -0.4 is 16.2 Å². The summed E-state index contributed by atoms with van der Waals surface area (Å²) in [5, 5.41) is 0.843. The number of nitrogens with two attached hydrogens (primary N) is 1. The summed E-state index contributed by atoms with van der Waals surface area (Å²) in [7, 11) is 1.73. The van der Waals surface area contributed by atoms with Crippen molar-refractivity contribution in [2.75, 3.05) is 43.4 Å². The predicted molar refractivity (Wildman–Crippen MR) is 118 cm³/mol. The second-order valence-electron chi connectivity index (χ2n) is 6.83. The fraction of sp³-hybridized carbons (Fsp3) is 0.474. The zero-order chi connectivity index (χ0) is 20.3. The second-order valence-corrected chi connectivity index (χ2v) is 8.66. The minimum Gasteiger partial charge on any atom is -0.382 e. The minimum absolute atomic E-state index is 0.183. The van der Waals surface area contributed by atoms with Crippen LogP contribution in [-0.4, -0.2) is 47.2 Å². The highest BCUT2D eigenvalue weighted by Crippen LogP contribution is 2.37. The van der Waals surface area contributed by atoms with Crippen molar-refractivity contribution in [1.82, 2.24) is 14.5 Å². The molecule has 9 heteroatoms. The van der Waals surface area contributed by atoms with Crippen molar-refractivity contribution in [3.63, 3.8) is 0 Å². The molecule has 0 spiro atoms. The third kappa shape index (κ3) is 4.59. The van der Waals surface area contributed by atoms with E-state index in [-0.39, 0.29) is 11.4 Å². The summed E-state index contributed by atoms with van der Waals surface area (Å²) < 4.78 is 1.57. The van der Waals surface area contributed by atoms with Crippen LogP contribution in [0.5, 0.6) is 0 Å². The summed E-state index contributed by atoms with van der Waals surface area (Å²) in [4.78, 5) is 23.1. The molecule has 0 unspecified atom stereocenters. The Kier molecular flexibility index (Phi) is 7.15. The van der Waals surface area contributed by atoms with E-state index in [0.717, 1.165) is 32.7 Å². The van der Waals surface area contributed by atoms with Gasteiger partial charge in [-0.05, 0) is 25.1 Å². The molecule has 1 aliphatic rings. The van der Waals surface area contributed by atoms with Crippen molar-refractivity contribution in [1.29, 1.82) is 0 Å². The van der Waals surface area contributed by atoms with E-state index in [4.69, 9.17) is 28.9 Å². The lowest BCUT2D eigenvalue weighted by Crippen LogP contribution is -2.48. The van der Waals surface area contributed by atoms with Gasteiger partial charge in [0.15, 0.2) is 0 Å². The number of nitrogen functional groups attached to an aromatic ring is 1. The van der Waals surface area contributed by atoms with Crippen LogP contribution in [0.15, 0.2) is 32.8 Å². The third-order valence-electron chi connectivity index (χ3n) is 4.86. The molecule has 3 rings (SSSR count). The molecule has 0 bridgehead atoms. The number of anilines is 2. The Balaban J connectivity index is 1.81. The van der Waals surface area contributed by atoms with Gasteiger partial charge in [0.25, 0.3) is 5.56 Å². The highest BCUT2D eigenvalue weighted by Gasteiger charge is 2.23. The van der Waals surface area contributed by atoms with E-state index < -0.39 is 0 Å². The summed E-state index contributed by atoms with van der Waals surface area (Å²) in [5.74, 6) is 0.826. The van der Waals surface area contributed by atoms with Crippen LogP contribution in [0.2, 0.25) is 10.0 Å². The molecule has 1 aromatic carbocycles. The van der Waals surface area contributed by atoms with Crippen molar-refractivity contribution in [2.24, 2.45) is 7.05 Å². The molecule has 0 radical (unpaired) electrons. The lowest BCUT2D eigenvalue weighted by Gasteiger charge is -2.35. The number of aromatic nitrogens is 2. The topological polar surface area (TPSA) is 67.4 Å². The Morgan fingerprint density at radius 2 is 1.93 bits per heavy atom. The van der Waals surface area contributed by atoms with Crippen molar-refractivity contribution < 1.29 is 0 Å². The van der Waals surface area contributed by atoms with Gasteiger partial charge in [0.1, 0.15) is 10.7 Å². The number of hydrogen-bond donors (Lipinski definition) is 1. The summed E-state index contributed by atoms with van der Waals surface area (Å²) in [6.45, 7) is 6.91. The highest BCUT2D eigenvalue weighted by molar-refractivity contribution is 7.99. The van der Waals surface area contributed by atoms with Gasteiger partial charge >= 0.3 is 0 Å². The van der Waals surface area contributed by atoms with Gasteiger partial charge in [-0.1, -0.05) is 54.4 Å². The van der Waals surface area contributed by atoms with Gasteiger partial charge in [0, 0.05) is 38.1 Å². The first kappa shape index (κ1) is 21.3. The molecule has 2 aromatic rings. The van der Waals surface area contributed by atoms with Gasteiger partial charge in [-0.2, -0.15) is 4.98 Å². The average molecular weight is 442 g/mol. The molecule has 1 aromatic heterocycles. The van der Waals surface area contributed by atoms with Gasteiger partial charge in [-0.15, -0.1) is 0 Å². The zero-order valence-electron chi connectivity index (χ0n) is 16.1. The predicted octanol–water partition coefficient (Wildman–Crippen LogP) is 3.74. The van der Waals surface area contributed by atoms with Gasteiger partial charge < -0.3 is 10.6 Å². The van der Waals surface area contributed by atoms with Crippen LogP contribution in [0.25, 0.3) is 0 Å². The summed E-state index contributed by atoms with van der Waals surface area (Å²) in [5.41, 5.74) is 5.98. The Hall–Kier alpha value is -1.41. The smallest absolute Gasteiger partial charge is 0.270 e. The maximum absolute atomic E-state index is 13.0. The Bertz CT molecular complexity index is 897. The monoisotopic (exact) mass is 441 g/mol. The summed E-state index contributed by atoms with van der Waals surface area (Å²) in [6, 6.07) is 5.30. The fourth-order valence-electron chi connectivity index (χ4n) is 3.19. The first-order valence-corrected chi connectivity index (χ1v) is 10.9. The van der Waals surface area contributed by atoms with E-state index in [1.165, 1.54) is 24.6 Å². The van der Waals surface area contributed by atoms with Gasteiger partial charge in [-0.3, -0.25) is 14.3 Å². The molecule has 0 saturated carbocycles. The van der Waals surface area contributed by atoms with E-state index in [2.05, 4.69) is 21.7 Å². The van der Waals surface area contributed by atoms with Crippen molar-refractivity contribution in [3.05, 3.63) is 38.6 Å². The Morgan fingerprint density at radius 3 is 2.61 bits per heavy atom. The quantitative estimate of drug-likeness (QED) is 0.735. The first-order valence-electron chi connectivity index (χ1n) is 9.38. The molecule has 0 amide bonds. The SMILES string of the molecule is CCCCN1CCN(c2nc(N)c(Sc3cccc(Cl)c3Cl)c(=O)n2C)CC1. The molecule has 1 aliphatic heterocycles. The molecule has 0 atom stereocenters. The zero-order valence-corrected chi connectivity index (χ0v) is 18.4. The third-order valence-corrected chi connectivity index (χ3v) is 6.94. The van der Waals surface area contributed by atoms with Crippen molar-refractivity contribution in [3.8, 4) is 0 Å². The average Bonchev–Trinajstić information content (AvgIpc) is 2.70. The maximum atomic E-state index is 13.0. The second kappa shape index (κ2) is 9.39. The molecule has 0 aliphatic carbocycles. The number of unbranched alkanes of at least 4 members (excludes halogenated alkanes) is 1. The number of piperazine rings is 1. The van der Waals surface area contributed by atoms with Gasteiger partial charge in [0.2, 0.25) is 5.95 Å². The number of benzene rings is 1. The normalized spacial score (nSPS) is 15.2. The Labute approximate surface area is 179 Å². The van der Waals surface area contributed by atoms with Crippen LogP contribution in [-0.2, 0) is 7.05 Å².